The van der Waals surface area contributed by atoms with Gasteiger partial charge in [0.15, 0.2) is 0 Å². The van der Waals surface area contributed by atoms with E-state index in [-0.39, 0.29) is 0 Å². The zero-order valence-corrected chi connectivity index (χ0v) is 10.6. The zero-order chi connectivity index (χ0) is 11.7. The summed E-state index contributed by atoms with van der Waals surface area (Å²) in [5.41, 5.74) is 3.60. The van der Waals surface area contributed by atoms with Gasteiger partial charge in [0.25, 0.3) is 0 Å². The first-order chi connectivity index (χ1) is 7.63. The van der Waals surface area contributed by atoms with Crippen LogP contribution in [0.2, 0.25) is 0 Å². The molecule has 16 heavy (non-hydrogen) atoms. The second-order valence-electron chi connectivity index (χ2n) is 3.60. The third kappa shape index (κ3) is 1.74. The number of aryl methyl sites for hydroxylation is 1. The van der Waals surface area contributed by atoms with Gasteiger partial charge in [-0.25, -0.2) is 4.68 Å². The normalized spacial score (nSPS) is 10.1. The minimum atomic E-state index is 0.608. The second kappa shape index (κ2) is 4.11. The highest BCUT2D eigenvalue weighted by molar-refractivity contribution is 9.10. The van der Waals surface area contributed by atoms with E-state index < -0.39 is 0 Å². The van der Waals surface area contributed by atoms with Gasteiger partial charge < -0.3 is 0 Å². The lowest BCUT2D eigenvalue weighted by Crippen LogP contribution is -1.99. The molecule has 0 spiro atoms. The van der Waals surface area contributed by atoms with Gasteiger partial charge in [-0.15, -0.1) is 0 Å². The van der Waals surface area contributed by atoms with Gasteiger partial charge in [-0.3, -0.25) is 0 Å². The van der Waals surface area contributed by atoms with Gasteiger partial charge in [-0.2, -0.15) is 10.4 Å². The number of hydrogen-bond acceptors (Lipinski definition) is 2. The summed E-state index contributed by atoms with van der Waals surface area (Å²) in [4.78, 5) is 0. The molecular weight excluding hydrogens is 266 g/mol. The number of nitriles is 1. The predicted molar refractivity (Wildman–Crippen MR) is 65.5 cm³/mol. The Bertz CT molecular complexity index is 578. The van der Waals surface area contributed by atoms with Crippen molar-refractivity contribution in [3.63, 3.8) is 0 Å². The Balaban J connectivity index is 2.55. The van der Waals surface area contributed by atoms with Gasteiger partial charge >= 0.3 is 0 Å². The lowest BCUT2D eigenvalue weighted by molar-refractivity contribution is 0.845. The van der Waals surface area contributed by atoms with Gasteiger partial charge in [0.1, 0.15) is 6.07 Å². The Labute approximate surface area is 102 Å². The number of nitrogens with zero attached hydrogens (tertiary/aromatic N) is 3. The fourth-order valence-electron chi connectivity index (χ4n) is 1.49. The largest absolute Gasteiger partial charge is 0.237 e. The number of rotatable bonds is 1. The van der Waals surface area contributed by atoms with Gasteiger partial charge in [-0.05, 0) is 31.5 Å². The van der Waals surface area contributed by atoms with Crippen molar-refractivity contribution in [2.75, 3.05) is 0 Å². The van der Waals surface area contributed by atoms with Crippen molar-refractivity contribution < 1.29 is 0 Å². The van der Waals surface area contributed by atoms with E-state index in [1.54, 1.807) is 10.9 Å². The molecule has 0 atom stereocenters. The molecule has 0 aliphatic heterocycles. The highest BCUT2D eigenvalue weighted by atomic mass is 79.9. The lowest BCUT2D eigenvalue weighted by Gasteiger charge is -2.06. The molecular formula is C12H10BrN3. The number of hydrogen-bond donors (Lipinski definition) is 0. The smallest absolute Gasteiger partial charge is 0.103 e. The first kappa shape index (κ1) is 10.9. The van der Waals surface area contributed by atoms with Crippen LogP contribution in [0.1, 0.15) is 16.8 Å². The summed E-state index contributed by atoms with van der Waals surface area (Å²) in [5, 5.41) is 13.1. The molecule has 0 aliphatic carbocycles. The molecule has 2 rings (SSSR count). The molecule has 4 heteroatoms. The first-order valence-electron chi connectivity index (χ1n) is 4.84. The molecule has 80 valence electrons. The summed E-state index contributed by atoms with van der Waals surface area (Å²) in [7, 11) is 0. The van der Waals surface area contributed by atoms with Crippen LogP contribution in [0, 0.1) is 25.2 Å². The lowest BCUT2D eigenvalue weighted by atomic mass is 10.2. The van der Waals surface area contributed by atoms with Crippen molar-refractivity contribution in [1.29, 1.82) is 5.26 Å². The van der Waals surface area contributed by atoms with E-state index in [1.807, 2.05) is 32.0 Å². The van der Waals surface area contributed by atoms with Crippen LogP contribution in [-0.4, -0.2) is 9.78 Å². The Hall–Kier alpha value is -1.60. The Morgan fingerprint density at radius 3 is 2.69 bits per heavy atom. The molecule has 0 amide bonds. The van der Waals surface area contributed by atoms with Crippen molar-refractivity contribution in [2.45, 2.75) is 13.8 Å². The van der Waals surface area contributed by atoms with Crippen LogP contribution in [0.25, 0.3) is 5.69 Å². The molecule has 0 fully saturated rings. The molecule has 0 unspecified atom stereocenters. The number of halogens is 1. The van der Waals surface area contributed by atoms with Crippen LogP contribution in [0.5, 0.6) is 0 Å². The average molecular weight is 276 g/mol. The number of aromatic nitrogens is 2. The van der Waals surface area contributed by atoms with Gasteiger partial charge in [-0.1, -0.05) is 22.0 Å². The van der Waals surface area contributed by atoms with E-state index in [9.17, 15) is 0 Å². The standard InChI is InChI=1S/C12H10BrN3/c1-8-3-4-11(5-12(8)13)16-9(2)10(6-14)7-15-16/h3-5,7H,1-2H3. The molecule has 3 nitrogen and oxygen atoms in total. The topological polar surface area (TPSA) is 41.6 Å². The third-order valence-electron chi connectivity index (χ3n) is 2.53. The van der Waals surface area contributed by atoms with E-state index in [2.05, 4.69) is 27.1 Å². The van der Waals surface area contributed by atoms with E-state index in [1.165, 1.54) is 5.56 Å². The van der Waals surface area contributed by atoms with Crippen molar-refractivity contribution in [2.24, 2.45) is 0 Å². The van der Waals surface area contributed by atoms with Crippen LogP contribution in [0.4, 0.5) is 0 Å². The Morgan fingerprint density at radius 2 is 2.12 bits per heavy atom. The van der Waals surface area contributed by atoms with Gasteiger partial charge in [0.2, 0.25) is 0 Å². The Morgan fingerprint density at radius 1 is 1.38 bits per heavy atom. The van der Waals surface area contributed by atoms with Gasteiger partial charge in [0.05, 0.1) is 23.1 Å². The van der Waals surface area contributed by atoms with Crippen molar-refractivity contribution in [3.8, 4) is 11.8 Å². The van der Waals surface area contributed by atoms with Crippen LogP contribution in [0.15, 0.2) is 28.9 Å². The molecule has 0 saturated heterocycles. The van der Waals surface area contributed by atoms with E-state index in [0.29, 0.717) is 5.56 Å². The maximum Gasteiger partial charge on any atom is 0.103 e. The minimum absolute atomic E-state index is 0.608. The summed E-state index contributed by atoms with van der Waals surface area (Å²) in [5.74, 6) is 0. The molecule has 0 radical (unpaired) electrons. The molecule has 0 aliphatic rings. The minimum Gasteiger partial charge on any atom is -0.237 e. The Kier molecular flexibility index (Phi) is 2.80. The molecule has 1 aromatic carbocycles. The average Bonchev–Trinajstić information content (AvgIpc) is 2.64. The molecule has 0 saturated carbocycles. The maximum absolute atomic E-state index is 8.86. The fourth-order valence-corrected chi connectivity index (χ4v) is 1.86. The van der Waals surface area contributed by atoms with E-state index in [0.717, 1.165) is 15.9 Å². The zero-order valence-electron chi connectivity index (χ0n) is 9.03. The highest BCUT2D eigenvalue weighted by Crippen LogP contribution is 2.21. The van der Waals surface area contributed by atoms with Crippen LogP contribution < -0.4 is 0 Å². The first-order valence-corrected chi connectivity index (χ1v) is 5.64. The van der Waals surface area contributed by atoms with Crippen molar-refractivity contribution in [3.05, 3.63) is 45.7 Å². The van der Waals surface area contributed by atoms with Crippen LogP contribution >= 0.6 is 15.9 Å². The van der Waals surface area contributed by atoms with Crippen molar-refractivity contribution in [1.82, 2.24) is 9.78 Å². The summed E-state index contributed by atoms with van der Waals surface area (Å²) >= 11 is 3.49. The van der Waals surface area contributed by atoms with E-state index >= 15 is 0 Å². The predicted octanol–water partition coefficient (Wildman–Crippen LogP) is 3.12. The monoisotopic (exact) mass is 275 g/mol. The van der Waals surface area contributed by atoms with Crippen LogP contribution in [-0.2, 0) is 0 Å². The summed E-state index contributed by atoms with van der Waals surface area (Å²) in [6.07, 6.45) is 1.59. The summed E-state index contributed by atoms with van der Waals surface area (Å²) in [6.45, 7) is 3.92. The number of benzene rings is 1. The van der Waals surface area contributed by atoms with Crippen LogP contribution in [0.3, 0.4) is 0 Å². The third-order valence-corrected chi connectivity index (χ3v) is 3.38. The second-order valence-corrected chi connectivity index (χ2v) is 4.46. The molecule has 2 aromatic rings. The van der Waals surface area contributed by atoms with E-state index in [4.69, 9.17) is 5.26 Å². The quantitative estimate of drug-likeness (QED) is 0.803. The van der Waals surface area contributed by atoms with Gasteiger partial charge in [0, 0.05) is 4.47 Å². The summed E-state index contributed by atoms with van der Waals surface area (Å²) < 4.78 is 2.81. The molecule has 1 aromatic heterocycles. The molecule has 1 heterocycles. The fraction of sp³-hybridized carbons (Fsp3) is 0.167. The van der Waals surface area contributed by atoms with Crippen molar-refractivity contribution >= 4 is 15.9 Å². The maximum atomic E-state index is 8.86. The SMILES string of the molecule is Cc1ccc(-n2ncc(C#N)c2C)cc1Br. The molecule has 0 N–H and O–H groups in total. The molecule has 0 bridgehead atoms. The highest BCUT2D eigenvalue weighted by Gasteiger charge is 2.08. The summed E-state index contributed by atoms with van der Waals surface area (Å²) in [6, 6.07) is 8.12.